The van der Waals surface area contributed by atoms with Crippen molar-refractivity contribution in [3.63, 3.8) is 0 Å². The first-order valence-electron chi connectivity index (χ1n) is 10.8. The molecule has 0 spiro atoms. The van der Waals surface area contributed by atoms with Gasteiger partial charge in [0.05, 0.1) is 22.4 Å². The van der Waals surface area contributed by atoms with Crippen LogP contribution in [0.15, 0.2) is 78.9 Å². The van der Waals surface area contributed by atoms with Crippen molar-refractivity contribution >= 4 is 29.5 Å². The Morgan fingerprint density at radius 3 is 2.06 bits per heavy atom. The molecule has 1 unspecified atom stereocenters. The summed E-state index contributed by atoms with van der Waals surface area (Å²) in [6, 6.07) is 24.1. The largest absolute Gasteiger partial charge is 0.457 e. The molecule has 3 aromatic carbocycles. The molecular weight excluding hydrogens is 436 g/mol. The molecule has 7 heteroatoms. The minimum Gasteiger partial charge on any atom is -0.457 e. The second-order valence-electron chi connectivity index (χ2n) is 7.95. The van der Waals surface area contributed by atoms with Gasteiger partial charge in [0.25, 0.3) is 11.8 Å². The molecule has 2 aliphatic heterocycles. The second-order valence-corrected chi connectivity index (χ2v) is 9.09. The normalized spacial score (nSPS) is 17.6. The first kappa shape index (κ1) is 21.3. The van der Waals surface area contributed by atoms with Crippen LogP contribution in [0.3, 0.4) is 0 Å². The maximum absolute atomic E-state index is 12.6. The second kappa shape index (κ2) is 9.11. The number of fused-ring (bicyclic) bond motifs is 1. The Balaban J connectivity index is 1.21. The molecule has 0 radical (unpaired) electrons. The minimum absolute atomic E-state index is 0.0814. The van der Waals surface area contributed by atoms with Crippen LogP contribution in [0.4, 0.5) is 0 Å². The first-order valence-corrected chi connectivity index (χ1v) is 11.8. The van der Waals surface area contributed by atoms with Gasteiger partial charge in [0.15, 0.2) is 0 Å². The number of rotatable bonds is 7. The molecular formula is C26H22N2O4S. The molecule has 1 fully saturated rings. The van der Waals surface area contributed by atoms with Crippen LogP contribution in [-0.2, 0) is 11.3 Å². The average Bonchev–Trinajstić information content (AvgIpc) is 3.31. The predicted octanol–water partition coefficient (Wildman–Crippen LogP) is 4.91. The van der Waals surface area contributed by atoms with Gasteiger partial charge in [-0.1, -0.05) is 42.5 Å². The van der Waals surface area contributed by atoms with E-state index in [-0.39, 0.29) is 29.0 Å². The van der Waals surface area contributed by atoms with E-state index in [2.05, 4.69) is 0 Å². The monoisotopic (exact) mass is 458 g/mol. The number of ether oxygens (including phenoxy) is 1. The Hall–Kier alpha value is -3.58. The molecule has 0 aromatic heterocycles. The van der Waals surface area contributed by atoms with E-state index in [1.807, 2.05) is 59.5 Å². The summed E-state index contributed by atoms with van der Waals surface area (Å²) in [5, 5.41) is -0.0814. The third kappa shape index (κ3) is 4.36. The molecule has 1 atom stereocenters. The lowest BCUT2D eigenvalue weighted by Gasteiger charge is -2.26. The van der Waals surface area contributed by atoms with Crippen molar-refractivity contribution in [3.8, 4) is 11.5 Å². The molecule has 0 bridgehead atoms. The van der Waals surface area contributed by atoms with Crippen LogP contribution in [0.25, 0.3) is 0 Å². The SMILES string of the molecule is O=C1c2ccccc2C(=O)N1CSC1CCC(=O)N1Cc1ccc(Oc2ccccc2)cc1. The van der Waals surface area contributed by atoms with Crippen molar-refractivity contribution in [2.45, 2.75) is 24.8 Å². The van der Waals surface area contributed by atoms with Crippen molar-refractivity contribution in [3.05, 3.63) is 95.6 Å². The summed E-state index contributed by atoms with van der Waals surface area (Å²) in [7, 11) is 0. The van der Waals surface area contributed by atoms with E-state index in [0.29, 0.717) is 30.5 Å². The van der Waals surface area contributed by atoms with Crippen LogP contribution in [0.1, 0.15) is 39.1 Å². The summed E-state index contributed by atoms with van der Waals surface area (Å²) in [5.41, 5.74) is 1.89. The summed E-state index contributed by atoms with van der Waals surface area (Å²) < 4.78 is 5.83. The first-order chi connectivity index (χ1) is 16.1. The van der Waals surface area contributed by atoms with E-state index in [9.17, 15) is 14.4 Å². The molecule has 33 heavy (non-hydrogen) atoms. The summed E-state index contributed by atoms with van der Waals surface area (Å²) in [6.07, 6.45) is 1.16. The number of hydrogen-bond acceptors (Lipinski definition) is 5. The Bertz CT molecular complexity index is 1160. The van der Waals surface area contributed by atoms with Crippen molar-refractivity contribution < 1.29 is 19.1 Å². The van der Waals surface area contributed by atoms with Gasteiger partial charge in [-0.3, -0.25) is 19.3 Å². The summed E-state index contributed by atoms with van der Waals surface area (Å²) in [4.78, 5) is 40.9. The van der Waals surface area contributed by atoms with Gasteiger partial charge in [0.2, 0.25) is 5.91 Å². The van der Waals surface area contributed by atoms with E-state index >= 15 is 0 Å². The van der Waals surface area contributed by atoms with Gasteiger partial charge in [-0.2, -0.15) is 0 Å². The number of hydrogen-bond donors (Lipinski definition) is 0. The Morgan fingerprint density at radius 1 is 0.788 bits per heavy atom. The fourth-order valence-corrected chi connectivity index (χ4v) is 5.28. The summed E-state index contributed by atoms with van der Waals surface area (Å²) in [6.45, 7) is 0.476. The Labute approximate surface area is 196 Å². The van der Waals surface area contributed by atoms with Gasteiger partial charge in [-0.15, -0.1) is 11.8 Å². The number of para-hydroxylation sites is 1. The van der Waals surface area contributed by atoms with E-state index in [1.165, 1.54) is 16.7 Å². The van der Waals surface area contributed by atoms with E-state index in [4.69, 9.17) is 4.74 Å². The standard InChI is InChI=1S/C26H22N2O4S/c29-23-14-15-24(33-17-28-25(30)21-8-4-5-9-22(21)26(28)31)27(23)16-18-10-12-20(13-11-18)32-19-6-2-1-3-7-19/h1-13,24H,14-17H2. The molecule has 5 rings (SSSR count). The van der Waals surface area contributed by atoms with Crippen molar-refractivity contribution in [2.75, 3.05) is 5.88 Å². The third-order valence-corrected chi connectivity index (χ3v) is 7.08. The molecule has 0 N–H and O–H groups in total. The minimum atomic E-state index is -0.270. The molecule has 166 valence electrons. The molecule has 3 aromatic rings. The molecule has 3 amide bonds. The molecule has 6 nitrogen and oxygen atoms in total. The molecule has 2 aliphatic rings. The topological polar surface area (TPSA) is 66.9 Å². The van der Waals surface area contributed by atoms with E-state index in [0.717, 1.165) is 17.1 Å². The quantitative estimate of drug-likeness (QED) is 0.471. The zero-order chi connectivity index (χ0) is 22.8. The predicted molar refractivity (Wildman–Crippen MR) is 126 cm³/mol. The van der Waals surface area contributed by atoms with Crippen LogP contribution >= 0.6 is 11.8 Å². The van der Waals surface area contributed by atoms with Crippen LogP contribution in [0.5, 0.6) is 11.5 Å². The van der Waals surface area contributed by atoms with Gasteiger partial charge in [-0.25, -0.2) is 0 Å². The zero-order valence-corrected chi connectivity index (χ0v) is 18.7. The van der Waals surface area contributed by atoms with Gasteiger partial charge in [-0.05, 0) is 48.4 Å². The molecule has 2 heterocycles. The third-order valence-electron chi connectivity index (χ3n) is 5.80. The van der Waals surface area contributed by atoms with Crippen molar-refractivity contribution in [1.29, 1.82) is 0 Å². The maximum Gasteiger partial charge on any atom is 0.262 e. The number of likely N-dealkylation sites (tertiary alicyclic amines) is 1. The van der Waals surface area contributed by atoms with E-state index in [1.54, 1.807) is 24.3 Å². The zero-order valence-electron chi connectivity index (χ0n) is 17.8. The average molecular weight is 459 g/mol. The smallest absolute Gasteiger partial charge is 0.262 e. The molecule has 0 aliphatic carbocycles. The maximum atomic E-state index is 12.6. The van der Waals surface area contributed by atoms with Crippen LogP contribution in [0.2, 0.25) is 0 Å². The molecule has 1 saturated heterocycles. The number of nitrogens with zero attached hydrogens (tertiary/aromatic N) is 2. The van der Waals surface area contributed by atoms with Crippen LogP contribution in [0, 0.1) is 0 Å². The summed E-state index contributed by atoms with van der Waals surface area (Å²) >= 11 is 1.46. The number of imide groups is 1. The van der Waals surface area contributed by atoms with Crippen LogP contribution in [-0.4, -0.2) is 38.8 Å². The number of carbonyl (C=O) groups is 3. The van der Waals surface area contributed by atoms with Gasteiger partial charge >= 0.3 is 0 Å². The number of carbonyl (C=O) groups excluding carboxylic acids is 3. The lowest BCUT2D eigenvalue weighted by atomic mass is 10.1. The number of benzene rings is 3. The fourth-order valence-electron chi connectivity index (χ4n) is 4.07. The highest BCUT2D eigenvalue weighted by Gasteiger charge is 2.37. The van der Waals surface area contributed by atoms with Crippen molar-refractivity contribution in [1.82, 2.24) is 9.80 Å². The van der Waals surface area contributed by atoms with Gasteiger partial charge in [0, 0.05) is 13.0 Å². The lowest BCUT2D eigenvalue weighted by Crippen LogP contribution is -2.34. The fraction of sp³-hybridized carbons (Fsp3) is 0.192. The van der Waals surface area contributed by atoms with E-state index < -0.39 is 0 Å². The highest BCUT2D eigenvalue weighted by molar-refractivity contribution is 7.99. The Kier molecular flexibility index (Phi) is 5.88. The number of thioether (sulfide) groups is 1. The highest BCUT2D eigenvalue weighted by Crippen LogP contribution is 2.33. The molecule has 0 saturated carbocycles. The van der Waals surface area contributed by atoms with Crippen LogP contribution < -0.4 is 4.74 Å². The van der Waals surface area contributed by atoms with Gasteiger partial charge in [0.1, 0.15) is 11.5 Å². The summed E-state index contributed by atoms with van der Waals surface area (Å²) in [5.74, 6) is 1.27. The van der Waals surface area contributed by atoms with Gasteiger partial charge < -0.3 is 9.64 Å². The highest BCUT2D eigenvalue weighted by atomic mass is 32.2. The lowest BCUT2D eigenvalue weighted by molar-refractivity contribution is -0.128. The van der Waals surface area contributed by atoms with Crippen molar-refractivity contribution in [2.24, 2.45) is 0 Å². The number of amides is 3. The Morgan fingerprint density at radius 2 is 1.39 bits per heavy atom.